The number of imidazole rings is 1. The first-order valence-electron chi connectivity index (χ1n) is 13.6. The Labute approximate surface area is 202 Å². The van der Waals surface area contributed by atoms with E-state index in [9.17, 15) is 9.59 Å². The lowest BCUT2D eigenvalue weighted by Crippen LogP contribution is -2.53. The highest BCUT2D eigenvalue weighted by Gasteiger charge is 2.54. The van der Waals surface area contributed by atoms with Crippen molar-refractivity contribution in [3.8, 4) is 0 Å². The first-order chi connectivity index (χ1) is 16.6. The van der Waals surface area contributed by atoms with Crippen LogP contribution < -0.4 is 5.32 Å². The largest absolute Gasteiger partial charge is 0.355 e. The van der Waals surface area contributed by atoms with Gasteiger partial charge in [-0.1, -0.05) is 25.0 Å². The van der Waals surface area contributed by atoms with E-state index in [1.165, 1.54) is 32.1 Å². The zero-order chi connectivity index (χ0) is 23.1. The molecular formula is C28H38N4O2. The molecule has 7 rings (SSSR count). The molecule has 34 heavy (non-hydrogen) atoms. The van der Waals surface area contributed by atoms with Crippen LogP contribution >= 0.6 is 0 Å². The summed E-state index contributed by atoms with van der Waals surface area (Å²) in [4.78, 5) is 33.4. The third kappa shape index (κ3) is 4.14. The van der Waals surface area contributed by atoms with Gasteiger partial charge in [-0.05, 0) is 81.3 Å². The average molecular weight is 463 g/mol. The van der Waals surface area contributed by atoms with Crippen molar-refractivity contribution in [2.24, 2.45) is 23.2 Å². The van der Waals surface area contributed by atoms with Crippen LogP contribution in [0.2, 0.25) is 0 Å². The van der Waals surface area contributed by atoms with Crippen molar-refractivity contribution >= 4 is 22.8 Å². The number of carbonyl (C=O) groups excluding carboxylic acids is 2. The number of nitrogens with zero attached hydrogens (tertiary/aromatic N) is 3. The topological polar surface area (TPSA) is 67.2 Å². The van der Waals surface area contributed by atoms with Gasteiger partial charge >= 0.3 is 0 Å². The Balaban J connectivity index is 1.14. The second-order valence-electron chi connectivity index (χ2n) is 11.6. The fraction of sp³-hybridized carbons (Fsp3) is 0.679. The number of rotatable bonds is 6. The smallest absolute Gasteiger partial charge is 0.242 e. The number of aromatic nitrogens is 2. The highest BCUT2D eigenvalue weighted by atomic mass is 16.2. The van der Waals surface area contributed by atoms with E-state index in [-0.39, 0.29) is 17.2 Å². The molecule has 0 unspecified atom stereocenters. The van der Waals surface area contributed by atoms with Gasteiger partial charge in [0.15, 0.2) is 0 Å². The standard InChI is InChI=1S/C28H38N4O2/c33-26(31-11-5-1-2-6-12-31)19-32-24-8-4-3-7-23(24)30-25(32)9-10-29-27(34)28-16-20-13-21(17-28)15-22(14-20)18-28/h3-4,7-8,20-22H,1-2,5-6,9-19H2,(H,29,34). The molecule has 4 bridgehead atoms. The van der Waals surface area contributed by atoms with Crippen molar-refractivity contribution in [2.45, 2.75) is 77.2 Å². The molecule has 2 aromatic rings. The van der Waals surface area contributed by atoms with Crippen LogP contribution in [0.5, 0.6) is 0 Å². The van der Waals surface area contributed by atoms with Crippen LogP contribution in [-0.4, -0.2) is 45.9 Å². The van der Waals surface area contributed by atoms with E-state index in [1.807, 2.05) is 23.1 Å². The number of benzene rings is 1. The van der Waals surface area contributed by atoms with Crippen LogP contribution in [0.4, 0.5) is 0 Å². The maximum Gasteiger partial charge on any atom is 0.242 e. The maximum atomic E-state index is 13.4. The summed E-state index contributed by atoms with van der Waals surface area (Å²) >= 11 is 0. The summed E-state index contributed by atoms with van der Waals surface area (Å²) in [6.45, 7) is 2.64. The fourth-order valence-corrected chi connectivity index (χ4v) is 7.91. The van der Waals surface area contributed by atoms with Crippen LogP contribution in [0, 0.1) is 23.2 Å². The molecule has 182 valence electrons. The van der Waals surface area contributed by atoms with Gasteiger partial charge in [0, 0.05) is 31.5 Å². The van der Waals surface area contributed by atoms with Crippen LogP contribution in [0.1, 0.15) is 70.0 Å². The number of likely N-dealkylation sites (tertiary alicyclic amines) is 1. The molecule has 0 atom stereocenters. The molecule has 6 heteroatoms. The lowest BCUT2D eigenvalue weighted by atomic mass is 9.49. The average Bonchev–Trinajstić information content (AvgIpc) is 2.98. The molecule has 4 saturated carbocycles. The molecule has 5 aliphatic rings. The number of hydrogen-bond donors (Lipinski definition) is 1. The Morgan fingerprint density at radius 2 is 1.59 bits per heavy atom. The van der Waals surface area contributed by atoms with Crippen molar-refractivity contribution in [1.82, 2.24) is 19.8 Å². The van der Waals surface area contributed by atoms with Gasteiger partial charge in [-0.25, -0.2) is 4.98 Å². The van der Waals surface area contributed by atoms with Crippen LogP contribution in [-0.2, 0) is 22.6 Å². The minimum atomic E-state index is -0.113. The second-order valence-corrected chi connectivity index (χ2v) is 11.6. The van der Waals surface area contributed by atoms with Crippen molar-refractivity contribution in [3.05, 3.63) is 30.1 Å². The Morgan fingerprint density at radius 3 is 2.26 bits per heavy atom. The van der Waals surface area contributed by atoms with E-state index >= 15 is 0 Å². The molecule has 1 aliphatic heterocycles. The number of fused-ring (bicyclic) bond motifs is 1. The molecule has 2 heterocycles. The fourth-order valence-electron chi connectivity index (χ4n) is 7.91. The monoisotopic (exact) mass is 462 g/mol. The lowest BCUT2D eigenvalue weighted by molar-refractivity contribution is -0.146. The van der Waals surface area contributed by atoms with Gasteiger partial charge in [-0.3, -0.25) is 9.59 Å². The van der Waals surface area contributed by atoms with Crippen LogP contribution in [0.25, 0.3) is 11.0 Å². The second kappa shape index (κ2) is 9.01. The summed E-state index contributed by atoms with van der Waals surface area (Å²) in [5.74, 6) is 3.66. The van der Waals surface area contributed by atoms with Crippen LogP contribution in [0.15, 0.2) is 24.3 Å². The normalized spacial score (nSPS) is 30.5. The SMILES string of the molecule is O=C(Cn1c(CCNC(=O)C23CC4CC(CC(C4)C2)C3)nc2ccccc21)N1CCCCCC1. The summed E-state index contributed by atoms with van der Waals surface area (Å²) in [7, 11) is 0. The Kier molecular flexibility index (Phi) is 5.86. The molecule has 1 N–H and O–H groups in total. The van der Waals surface area contributed by atoms with Crippen molar-refractivity contribution in [3.63, 3.8) is 0 Å². The number of hydrogen-bond acceptors (Lipinski definition) is 3. The Morgan fingerprint density at radius 1 is 0.941 bits per heavy atom. The number of carbonyl (C=O) groups is 2. The quantitative estimate of drug-likeness (QED) is 0.695. The Hall–Kier alpha value is -2.37. The molecule has 0 spiro atoms. The number of nitrogens with one attached hydrogen (secondary N) is 1. The summed E-state index contributed by atoms with van der Waals surface area (Å²) in [5, 5.41) is 3.30. The van der Waals surface area contributed by atoms with E-state index in [0.29, 0.717) is 19.5 Å². The molecule has 0 radical (unpaired) electrons. The van der Waals surface area contributed by atoms with Gasteiger partial charge in [0.25, 0.3) is 0 Å². The van der Waals surface area contributed by atoms with Crippen molar-refractivity contribution in [1.29, 1.82) is 0 Å². The summed E-state index contributed by atoms with van der Waals surface area (Å²) < 4.78 is 2.08. The summed E-state index contributed by atoms with van der Waals surface area (Å²) in [6, 6.07) is 8.07. The highest BCUT2D eigenvalue weighted by molar-refractivity contribution is 5.83. The minimum absolute atomic E-state index is 0.113. The first-order valence-corrected chi connectivity index (χ1v) is 13.6. The summed E-state index contributed by atoms with van der Waals surface area (Å²) in [5.41, 5.74) is 1.82. The number of amides is 2. The predicted octanol–water partition coefficient (Wildman–Crippen LogP) is 4.31. The molecular weight excluding hydrogens is 424 g/mol. The third-order valence-electron chi connectivity index (χ3n) is 9.14. The van der Waals surface area contributed by atoms with E-state index < -0.39 is 0 Å². The van der Waals surface area contributed by atoms with E-state index in [2.05, 4.69) is 16.0 Å². The lowest BCUT2D eigenvalue weighted by Gasteiger charge is -2.55. The van der Waals surface area contributed by atoms with Crippen molar-refractivity contribution < 1.29 is 9.59 Å². The molecule has 4 aliphatic carbocycles. The molecule has 6 nitrogen and oxygen atoms in total. The van der Waals surface area contributed by atoms with E-state index in [1.54, 1.807) is 0 Å². The van der Waals surface area contributed by atoms with E-state index in [0.717, 1.165) is 79.8 Å². The molecule has 1 saturated heterocycles. The van der Waals surface area contributed by atoms with E-state index in [4.69, 9.17) is 4.98 Å². The van der Waals surface area contributed by atoms with Crippen LogP contribution in [0.3, 0.4) is 0 Å². The third-order valence-corrected chi connectivity index (χ3v) is 9.14. The zero-order valence-electron chi connectivity index (χ0n) is 20.3. The minimum Gasteiger partial charge on any atom is -0.355 e. The maximum absolute atomic E-state index is 13.4. The zero-order valence-corrected chi connectivity index (χ0v) is 20.3. The molecule has 5 fully saturated rings. The number of para-hydroxylation sites is 2. The molecule has 1 aromatic carbocycles. The van der Waals surface area contributed by atoms with Gasteiger partial charge < -0.3 is 14.8 Å². The molecule has 1 aromatic heterocycles. The molecule has 2 amide bonds. The summed E-state index contributed by atoms with van der Waals surface area (Å²) in [6.07, 6.45) is 12.6. The van der Waals surface area contributed by atoms with Gasteiger partial charge in [0.2, 0.25) is 11.8 Å². The van der Waals surface area contributed by atoms with Gasteiger partial charge in [0.05, 0.1) is 11.0 Å². The van der Waals surface area contributed by atoms with Gasteiger partial charge in [-0.2, -0.15) is 0 Å². The van der Waals surface area contributed by atoms with Gasteiger partial charge in [0.1, 0.15) is 12.4 Å². The first kappa shape index (κ1) is 22.1. The van der Waals surface area contributed by atoms with Gasteiger partial charge in [-0.15, -0.1) is 0 Å². The van der Waals surface area contributed by atoms with Crippen molar-refractivity contribution in [2.75, 3.05) is 19.6 Å². The Bertz CT molecular complexity index is 1030. The predicted molar refractivity (Wildman–Crippen MR) is 132 cm³/mol. The highest BCUT2D eigenvalue weighted by Crippen LogP contribution is 2.60.